The number of benzene rings is 1. The van der Waals surface area contributed by atoms with Gasteiger partial charge in [-0.25, -0.2) is 14.4 Å². The quantitative estimate of drug-likeness (QED) is 0.363. The van der Waals surface area contributed by atoms with Gasteiger partial charge in [0.05, 0.1) is 11.3 Å². The number of halogens is 5. The molecule has 0 saturated carbocycles. The second kappa shape index (κ2) is 8.57. The molecule has 0 spiro atoms. The van der Waals surface area contributed by atoms with Crippen molar-refractivity contribution in [2.45, 2.75) is 13.1 Å². The minimum Gasteiger partial charge on any atom is -0.453 e. The van der Waals surface area contributed by atoms with Crippen LogP contribution in [0.5, 0.6) is 11.5 Å². The highest BCUT2D eigenvalue weighted by Gasteiger charge is 2.43. The number of carbonyl (C=O) groups is 1. The predicted molar refractivity (Wildman–Crippen MR) is 117 cm³/mol. The summed E-state index contributed by atoms with van der Waals surface area (Å²) in [7, 11) is 0. The SMILES string of the molecule is Cc1csc(-n2nc(-c3ccc(Oc4ccnc(N)c4Cl)c(F)c3)c(C(N)=O)c2C(F)(F)F)n1. The Morgan fingerprint density at radius 2 is 1.97 bits per heavy atom. The molecule has 1 amide bonds. The van der Waals surface area contributed by atoms with Gasteiger partial charge in [0.1, 0.15) is 16.5 Å². The standard InChI is InChI=1S/C20H13ClF4N6O2S/c1-8-7-34-19(29-8)31-16(20(23,24)25)13(18(27)32)15(30-31)9-2-3-11(10(22)6-9)33-12-4-5-28-17(26)14(12)21/h2-7H,1H3,(H2,26,28)(H2,27,32). The largest absolute Gasteiger partial charge is 0.453 e. The summed E-state index contributed by atoms with van der Waals surface area (Å²) in [4.78, 5) is 19.8. The van der Waals surface area contributed by atoms with Gasteiger partial charge in [0.2, 0.25) is 5.13 Å². The molecule has 1 aromatic carbocycles. The number of hydrogen-bond donors (Lipinski definition) is 2. The summed E-state index contributed by atoms with van der Waals surface area (Å²) in [6.45, 7) is 1.59. The van der Waals surface area contributed by atoms with Gasteiger partial charge in [-0.05, 0) is 25.1 Å². The molecule has 3 heterocycles. The van der Waals surface area contributed by atoms with Gasteiger partial charge in [-0.1, -0.05) is 11.6 Å². The van der Waals surface area contributed by atoms with Crippen molar-refractivity contribution in [2.75, 3.05) is 5.73 Å². The molecule has 0 aliphatic rings. The minimum atomic E-state index is -5.01. The normalized spacial score (nSPS) is 11.6. The number of rotatable bonds is 5. The van der Waals surface area contributed by atoms with E-state index in [-0.39, 0.29) is 33.0 Å². The van der Waals surface area contributed by atoms with E-state index in [2.05, 4.69) is 15.1 Å². The van der Waals surface area contributed by atoms with Crippen molar-refractivity contribution in [2.24, 2.45) is 5.73 Å². The number of nitrogens with two attached hydrogens (primary N) is 2. The van der Waals surface area contributed by atoms with E-state index in [4.69, 9.17) is 27.8 Å². The van der Waals surface area contributed by atoms with E-state index in [1.807, 2.05) is 0 Å². The van der Waals surface area contributed by atoms with Crippen molar-refractivity contribution >= 4 is 34.7 Å². The zero-order valence-corrected chi connectivity index (χ0v) is 18.6. The van der Waals surface area contributed by atoms with Crippen LogP contribution in [0, 0.1) is 12.7 Å². The highest BCUT2D eigenvalue weighted by Crippen LogP contribution is 2.40. The Morgan fingerprint density at radius 3 is 2.56 bits per heavy atom. The van der Waals surface area contributed by atoms with E-state index >= 15 is 0 Å². The molecule has 34 heavy (non-hydrogen) atoms. The van der Waals surface area contributed by atoms with Gasteiger partial charge in [0, 0.05) is 23.2 Å². The summed E-state index contributed by atoms with van der Waals surface area (Å²) in [5.74, 6) is -2.68. The van der Waals surface area contributed by atoms with Gasteiger partial charge < -0.3 is 16.2 Å². The summed E-state index contributed by atoms with van der Waals surface area (Å²) >= 11 is 6.88. The van der Waals surface area contributed by atoms with E-state index in [0.29, 0.717) is 10.4 Å². The van der Waals surface area contributed by atoms with Crippen LogP contribution in [0.1, 0.15) is 21.7 Å². The Kier molecular flexibility index (Phi) is 5.91. The molecule has 3 aromatic heterocycles. The van der Waals surface area contributed by atoms with Crippen LogP contribution >= 0.6 is 22.9 Å². The van der Waals surface area contributed by atoms with E-state index in [9.17, 15) is 22.4 Å². The predicted octanol–water partition coefficient (Wildman–Crippen LogP) is 4.98. The van der Waals surface area contributed by atoms with Crippen LogP contribution in [0.2, 0.25) is 5.02 Å². The van der Waals surface area contributed by atoms with E-state index in [1.54, 1.807) is 6.92 Å². The first-order chi connectivity index (χ1) is 16.0. The van der Waals surface area contributed by atoms with Gasteiger partial charge in [-0.3, -0.25) is 4.79 Å². The molecule has 8 nitrogen and oxygen atoms in total. The molecule has 0 unspecified atom stereocenters. The Morgan fingerprint density at radius 1 is 1.24 bits per heavy atom. The second-order valence-electron chi connectivity index (χ2n) is 6.87. The fourth-order valence-corrected chi connectivity index (χ4v) is 3.97. The third-order valence-electron chi connectivity index (χ3n) is 4.49. The van der Waals surface area contributed by atoms with Gasteiger partial charge in [0.25, 0.3) is 5.91 Å². The van der Waals surface area contributed by atoms with Gasteiger partial charge in [-0.15, -0.1) is 11.3 Å². The van der Waals surface area contributed by atoms with Crippen molar-refractivity contribution in [3.05, 3.63) is 63.6 Å². The summed E-state index contributed by atoms with van der Waals surface area (Å²) < 4.78 is 62.5. The lowest BCUT2D eigenvalue weighted by Gasteiger charge is -2.10. The van der Waals surface area contributed by atoms with Crippen LogP contribution in [0.4, 0.5) is 23.4 Å². The van der Waals surface area contributed by atoms with Gasteiger partial charge in [0.15, 0.2) is 23.0 Å². The summed E-state index contributed by atoms with van der Waals surface area (Å²) in [6, 6.07) is 4.58. The molecule has 0 aliphatic heterocycles. The maximum Gasteiger partial charge on any atom is 0.434 e. The number of aromatic nitrogens is 4. The Bertz CT molecular complexity index is 1420. The maximum atomic E-state index is 14.9. The van der Waals surface area contributed by atoms with Crippen molar-refractivity contribution in [1.82, 2.24) is 19.7 Å². The van der Waals surface area contributed by atoms with Crippen molar-refractivity contribution in [3.63, 3.8) is 0 Å². The first-order valence-corrected chi connectivity index (χ1v) is 10.5. The molecule has 4 rings (SSSR count). The topological polar surface area (TPSA) is 122 Å². The Balaban J connectivity index is 1.84. The highest BCUT2D eigenvalue weighted by atomic mass is 35.5. The Hall–Kier alpha value is -3.71. The zero-order chi connectivity index (χ0) is 24.8. The summed E-state index contributed by atoms with van der Waals surface area (Å²) in [6.07, 6.45) is -3.71. The van der Waals surface area contributed by atoms with Crippen LogP contribution in [0.25, 0.3) is 16.4 Å². The van der Waals surface area contributed by atoms with Crippen LogP contribution < -0.4 is 16.2 Å². The number of alkyl halides is 3. The lowest BCUT2D eigenvalue weighted by Crippen LogP contribution is -2.21. The average molecular weight is 513 g/mol. The first kappa shape index (κ1) is 23.4. The molecule has 0 radical (unpaired) electrons. The minimum absolute atomic E-state index is 0.0152. The van der Waals surface area contributed by atoms with E-state index < -0.39 is 34.9 Å². The molecule has 0 atom stereocenters. The third-order valence-corrected chi connectivity index (χ3v) is 5.81. The van der Waals surface area contributed by atoms with E-state index in [1.165, 1.54) is 23.7 Å². The number of nitrogens with zero attached hydrogens (tertiary/aromatic N) is 4. The maximum absolute atomic E-state index is 14.9. The highest BCUT2D eigenvalue weighted by molar-refractivity contribution is 7.12. The summed E-state index contributed by atoms with van der Waals surface area (Å²) in [5, 5.41) is 5.26. The number of amides is 1. The number of hydrogen-bond acceptors (Lipinski definition) is 7. The van der Waals surface area contributed by atoms with Crippen molar-refractivity contribution in [1.29, 1.82) is 0 Å². The Labute approximate surface area is 197 Å². The molecular formula is C20H13ClF4N6O2S. The molecule has 176 valence electrons. The molecule has 4 N–H and O–H groups in total. The van der Waals surface area contributed by atoms with E-state index in [0.717, 1.165) is 23.5 Å². The number of aryl methyl sites for hydroxylation is 1. The number of nitrogen functional groups attached to an aromatic ring is 1. The fraction of sp³-hybridized carbons (Fsp3) is 0.100. The monoisotopic (exact) mass is 512 g/mol. The lowest BCUT2D eigenvalue weighted by atomic mass is 10.0. The smallest absolute Gasteiger partial charge is 0.434 e. The molecule has 0 saturated heterocycles. The molecule has 14 heteroatoms. The zero-order valence-electron chi connectivity index (χ0n) is 17.0. The fourth-order valence-electron chi connectivity index (χ4n) is 3.06. The van der Waals surface area contributed by atoms with Crippen molar-refractivity contribution in [3.8, 4) is 27.9 Å². The number of primary amides is 1. The van der Waals surface area contributed by atoms with Gasteiger partial charge in [-0.2, -0.15) is 23.0 Å². The second-order valence-corrected chi connectivity index (χ2v) is 8.09. The molecule has 4 aromatic rings. The molecule has 0 aliphatic carbocycles. The first-order valence-electron chi connectivity index (χ1n) is 9.27. The number of anilines is 1. The van der Waals surface area contributed by atoms with Crippen LogP contribution in [0.15, 0.2) is 35.8 Å². The van der Waals surface area contributed by atoms with Crippen LogP contribution in [-0.4, -0.2) is 25.7 Å². The number of pyridine rings is 1. The third kappa shape index (κ3) is 4.26. The number of thiazole rings is 1. The van der Waals surface area contributed by atoms with Gasteiger partial charge >= 0.3 is 6.18 Å². The molecule has 0 fully saturated rings. The number of ether oxygens (including phenoxy) is 1. The summed E-state index contributed by atoms with van der Waals surface area (Å²) in [5.41, 5.74) is 8.39. The van der Waals surface area contributed by atoms with Crippen LogP contribution in [0.3, 0.4) is 0 Å². The number of carbonyl (C=O) groups excluding carboxylic acids is 1. The molecule has 0 bridgehead atoms. The average Bonchev–Trinajstić information content (AvgIpc) is 3.36. The van der Waals surface area contributed by atoms with Crippen molar-refractivity contribution < 1.29 is 27.1 Å². The lowest BCUT2D eigenvalue weighted by molar-refractivity contribution is -0.143. The van der Waals surface area contributed by atoms with Crippen LogP contribution in [-0.2, 0) is 6.18 Å². The molecular weight excluding hydrogens is 500 g/mol.